The monoisotopic (exact) mass is 366 g/mol. The van der Waals surface area contributed by atoms with E-state index in [1.54, 1.807) is 24.3 Å². The van der Waals surface area contributed by atoms with E-state index >= 15 is 0 Å². The summed E-state index contributed by atoms with van der Waals surface area (Å²) in [5.74, 6) is -0.407. The van der Waals surface area contributed by atoms with Crippen molar-refractivity contribution in [1.82, 2.24) is 4.31 Å². The fourth-order valence-corrected chi connectivity index (χ4v) is 3.06. The van der Waals surface area contributed by atoms with Crippen LogP contribution in [-0.2, 0) is 21.4 Å². The van der Waals surface area contributed by atoms with E-state index in [-0.39, 0.29) is 13.1 Å². The van der Waals surface area contributed by atoms with Gasteiger partial charge in [0.1, 0.15) is 0 Å². The minimum atomic E-state index is -3.52. The molecule has 2 aromatic rings. The number of aryl methyl sites for hydroxylation is 1. The molecule has 0 saturated carbocycles. The molecule has 0 fully saturated rings. The van der Waals surface area contributed by atoms with Crippen molar-refractivity contribution in [2.24, 2.45) is 0 Å². The van der Waals surface area contributed by atoms with Gasteiger partial charge in [0, 0.05) is 17.3 Å². The van der Waals surface area contributed by atoms with Crippen LogP contribution in [0.3, 0.4) is 0 Å². The maximum absolute atomic E-state index is 12.2. The number of rotatable bonds is 6. The second-order valence-electron chi connectivity index (χ2n) is 5.58. The molecule has 0 aliphatic heterocycles. The molecule has 2 rings (SSSR count). The number of halogens is 1. The summed E-state index contributed by atoms with van der Waals surface area (Å²) in [6.07, 6.45) is 1.10. The van der Waals surface area contributed by atoms with E-state index in [0.29, 0.717) is 10.7 Å². The third-order valence-corrected chi connectivity index (χ3v) is 4.81. The summed E-state index contributed by atoms with van der Waals surface area (Å²) < 4.78 is 25.1. The molecular weight excluding hydrogens is 348 g/mol. The van der Waals surface area contributed by atoms with Gasteiger partial charge in [-0.25, -0.2) is 8.42 Å². The highest BCUT2D eigenvalue weighted by atomic mass is 35.5. The maximum Gasteiger partial charge on any atom is 0.239 e. The van der Waals surface area contributed by atoms with Crippen LogP contribution in [0, 0.1) is 6.92 Å². The Balaban J connectivity index is 2.08. The van der Waals surface area contributed by atoms with E-state index in [9.17, 15) is 13.2 Å². The normalized spacial score (nSPS) is 11.5. The van der Waals surface area contributed by atoms with Gasteiger partial charge in [-0.05, 0) is 36.8 Å². The van der Waals surface area contributed by atoms with Crippen molar-refractivity contribution < 1.29 is 13.2 Å². The number of nitrogens with zero attached hydrogens (tertiary/aromatic N) is 1. The first-order valence-corrected chi connectivity index (χ1v) is 9.53. The van der Waals surface area contributed by atoms with Crippen molar-refractivity contribution in [3.05, 3.63) is 64.7 Å². The highest BCUT2D eigenvalue weighted by Crippen LogP contribution is 2.14. The van der Waals surface area contributed by atoms with Crippen molar-refractivity contribution in [2.75, 3.05) is 18.1 Å². The Bertz CT molecular complexity index is 820. The number of anilines is 1. The zero-order valence-corrected chi connectivity index (χ0v) is 15.1. The molecule has 0 atom stereocenters. The molecule has 1 amide bonds. The van der Waals surface area contributed by atoms with Gasteiger partial charge in [0.25, 0.3) is 0 Å². The molecule has 2 aromatic carbocycles. The van der Waals surface area contributed by atoms with Crippen molar-refractivity contribution in [3.8, 4) is 0 Å². The number of carbonyl (C=O) groups is 1. The molecular formula is C17H19ClN2O3S. The smallest absolute Gasteiger partial charge is 0.239 e. The van der Waals surface area contributed by atoms with Gasteiger partial charge in [-0.3, -0.25) is 4.79 Å². The largest absolute Gasteiger partial charge is 0.325 e. The molecule has 0 saturated heterocycles. The average molecular weight is 367 g/mol. The number of amides is 1. The third-order valence-electron chi connectivity index (χ3n) is 3.36. The van der Waals surface area contributed by atoms with E-state index in [0.717, 1.165) is 21.7 Å². The standard InChI is InChI=1S/C17H19ClN2O3S/c1-13-4-3-5-14(10-13)11-20(24(2,22)23)12-17(21)19-16-8-6-15(18)7-9-16/h3-10H,11-12H2,1-2H3,(H,19,21). The highest BCUT2D eigenvalue weighted by molar-refractivity contribution is 7.88. The first-order chi connectivity index (χ1) is 11.2. The Labute approximate surface area is 147 Å². The quantitative estimate of drug-likeness (QED) is 0.854. The second kappa shape index (κ2) is 7.79. The van der Waals surface area contributed by atoms with E-state index < -0.39 is 15.9 Å². The topological polar surface area (TPSA) is 66.5 Å². The molecule has 0 heterocycles. The Kier molecular flexibility index (Phi) is 5.99. The molecule has 0 radical (unpaired) electrons. The van der Waals surface area contributed by atoms with Crippen LogP contribution in [-0.4, -0.2) is 31.4 Å². The summed E-state index contributed by atoms with van der Waals surface area (Å²) in [7, 11) is -3.52. The predicted octanol–water partition coefficient (Wildman–Crippen LogP) is 3.05. The molecule has 0 aromatic heterocycles. The Morgan fingerprint density at radius 1 is 1.17 bits per heavy atom. The van der Waals surface area contributed by atoms with Gasteiger partial charge in [0.15, 0.2) is 0 Å². The Morgan fingerprint density at radius 3 is 2.42 bits per heavy atom. The summed E-state index contributed by atoms with van der Waals surface area (Å²) in [6.45, 7) is 1.82. The first-order valence-electron chi connectivity index (χ1n) is 7.30. The van der Waals surface area contributed by atoms with E-state index in [1.165, 1.54) is 0 Å². The van der Waals surface area contributed by atoms with Crippen LogP contribution >= 0.6 is 11.6 Å². The van der Waals surface area contributed by atoms with E-state index in [1.807, 2.05) is 31.2 Å². The molecule has 1 N–H and O–H groups in total. The van der Waals surface area contributed by atoms with Crippen molar-refractivity contribution in [2.45, 2.75) is 13.5 Å². The summed E-state index contributed by atoms with van der Waals surface area (Å²) >= 11 is 5.80. The van der Waals surface area contributed by atoms with E-state index in [4.69, 9.17) is 11.6 Å². The lowest BCUT2D eigenvalue weighted by atomic mass is 10.1. The van der Waals surface area contributed by atoms with Crippen LogP contribution in [0.25, 0.3) is 0 Å². The van der Waals surface area contributed by atoms with E-state index in [2.05, 4.69) is 5.32 Å². The SMILES string of the molecule is Cc1cccc(CN(CC(=O)Nc2ccc(Cl)cc2)S(C)(=O)=O)c1. The summed E-state index contributed by atoms with van der Waals surface area (Å²) in [4.78, 5) is 12.2. The zero-order chi connectivity index (χ0) is 17.7. The average Bonchev–Trinajstić information content (AvgIpc) is 2.48. The van der Waals surface area contributed by atoms with Gasteiger partial charge in [-0.1, -0.05) is 41.4 Å². The first kappa shape index (κ1) is 18.4. The lowest BCUT2D eigenvalue weighted by molar-refractivity contribution is -0.116. The van der Waals surface area contributed by atoms with Gasteiger partial charge in [-0.15, -0.1) is 0 Å². The van der Waals surface area contributed by atoms with Gasteiger partial charge < -0.3 is 5.32 Å². The number of sulfonamides is 1. The molecule has 0 aliphatic rings. The molecule has 5 nitrogen and oxygen atoms in total. The van der Waals surface area contributed by atoms with Crippen LogP contribution in [0.2, 0.25) is 5.02 Å². The minimum Gasteiger partial charge on any atom is -0.325 e. The summed E-state index contributed by atoms with van der Waals surface area (Å²) in [6, 6.07) is 14.1. The van der Waals surface area contributed by atoms with Crippen LogP contribution in [0.5, 0.6) is 0 Å². The molecule has 0 unspecified atom stereocenters. The number of carbonyl (C=O) groups excluding carboxylic acids is 1. The van der Waals surface area contributed by atoms with Gasteiger partial charge in [0.2, 0.25) is 15.9 Å². The fraction of sp³-hybridized carbons (Fsp3) is 0.235. The molecule has 0 spiro atoms. The van der Waals surface area contributed by atoms with Crippen LogP contribution in [0.4, 0.5) is 5.69 Å². The van der Waals surface area contributed by atoms with Crippen LogP contribution < -0.4 is 5.32 Å². The van der Waals surface area contributed by atoms with Gasteiger partial charge in [-0.2, -0.15) is 4.31 Å². The van der Waals surface area contributed by atoms with Gasteiger partial charge >= 0.3 is 0 Å². The minimum absolute atomic E-state index is 0.147. The summed E-state index contributed by atoms with van der Waals surface area (Å²) in [5.41, 5.74) is 2.43. The van der Waals surface area contributed by atoms with Gasteiger partial charge in [0.05, 0.1) is 12.8 Å². The molecule has 128 valence electrons. The lowest BCUT2D eigenvalue weighted by Crippen LogP contribution is -2.36. The number of hydrogen-bond donors (Lipinski definition) is 1. The van der Waals surface area contributed by atoms with Crippen molar-refractivity contribution in [1.29, 1.82) is 0 Å². The Hall–Kier alpha value is -1.89. The lowest BCUT2D eigenvalue weighted by Gasteiger charge is -2.20. The number of benzene rings is 2. The van der Waals surface area contributed by atoms with Crippen molar-refractivity contribution >= 4 is 33.2 Å². The number of hydrogen-bond acceptors (Lipinski definition) is 3. The summed E-state index contributed by atoms with van der Waals surface area (Å²) in [5, 5.41) is 3.23. The highest BCUT2D eigenvalue weighted by Gasteiger charge is 2.20. The molecule has 24 heavy (non-hydrogen) atoms. The molecule has 0 aliphatic carbocycles. The third kappa shape index (κ3) is 5.63. The van der Waals surface area contributed by atoms with Crippen molar-refractivity contribution in [3.63, 3.8) is 0 Å². The molecule has 7 heteroatoms. The number of nitrogens with one attached hydrogen (secondary N) is 1. The molecule has 0 bridgehead atoms. The fourth-order valence-electron chi connectivity index (χ4n) is 2.20. The second-order valence-corrected chi connectivity index (χ2v) is 7.99. The maximum atomic E-state index is 12.2. The Morgan fingerprint density at radius 2 is 1.83 bits per heavy atom. The zero-order valence-electron chi connectivity index (χ0n) is 13.5. The van der Waals surface area contributed by atoms with Crippen LogP contribution in [0.15, 0.2) is 48.5 Å². The van der Waals surface area contributed by atoms with Crippen LogP contribution in [0.1, 0.15) is 11.1 Å². The predicted molar refractivity (Wildman–Crippen MR) is 96.5 cm³/mol.